The molecular formula is C15H20N2O2. The van der Waals surface area contributed by atoms with Gasteiger partial charge in [0.1, 0.15) is 0 Å². The summed E-state index contributed by atoms with van der Waals surface area (Å²) in [4.78, 5) is 4.26. The molecule has 102 valence electrons. The number of aliphatic hydroxyl groups excluding tert-OH is 1. The van der Waals surface area contributed by atoms with Gasteiger partial charge in [0.25, 0.3) is 0 Å². The van der Waals surface area contributed by atoms with Crippen LogP contribution in [0.5, 0.6) is 0 Å². The molecule has 2 N–H and O–H groups in total. The van der Waals surface area contributed by atoms with Crippen molar-refractivity contribution in [3.05, 3.63) is 42.2 Å². The summed E-state index contributed by atoms with van der Waals surface area (Å²) < 4.78 is 5.14. The molecule has 0 radical (unpaired) electrons. The second kappa shape index (κ2) is 7.19. The number of nitrogens with zero attached hydrogens (tertiary/aromatic N) is 1. The summed E-state index contributed by atoms with van der Waals surface area (Å²) in [5, 5.41) is 14.8. The molecule has 1 heterocycles. The Morgan fingerprint density at radius 3 is 2.95 bits per heavy atom. The highest BCUT2D eigenvalue weighted by Crippen LogP contribution is 2.16. The number of ether oxygens (including phenoxy) is 1. The number of hydrogen-bond donors (Lipinski definition) is 2. The summed E-state index contributed by atoms with van der Waals surface area (Å²) in [6.45, 7) is 1.48. The van der Waals surface area contributed by atoms with Crippen molar-refractivity contribution in [1.29, 1.82) is 0 Å². The van der Waals surface area contributed by atoms with Crippen molar-refractivity contribution < 1.29 is 9.84 Å². The van der Waals surface area contributed by atoms with Crippen LogP contribution in [-0.4, -0.2) is 36.5 Å². The maximum absolute atomic E-state index is 9.02. The van der Waals surface area contributed by atoms with Crippen molar-refractivity contribution in [2.24, 2.45) is 0 Å². The van der Waals surface area contributed by atoms with E-state index in [1.807, 2.05) is 24.5 Å². The monoisotopic (exact) mass is 260 g/mol. The average Bonchev–Trinajstić information content (AvgIpc) is 2.45. The number of pyridine rings is 1. The molecule has 0 amide bonds. The van der Waals surface area contributed by atoms with Crippen LogP contribution in [0.1, 0.15) is 12.0 Å². The topological polar surface area (TPSA) is 54.4 Å². The minimum Gasteiger partial charge on any atom is -0.396 e. The van der Waals surface area contributed by atoms with Gasteiger partial charge < -0.3 is 15.2 Å². The minimum absolute atomic E-state index is 0.161. The van der Waals surface area contributed by atoms with E-state index in [2.05, 4.69) is 22.4 Å². The van der Waals surface area contributed by atoms with Gasteiger partial charge in [-0.25, -0.2) is 0 Å². The molecule has 0 bridgehead atoms. The summed E-state index contributed by atoms with van der Waals surface area (Å²) in [6, 6.07) is 8.37. The first kappa shape index (κ1) is 13.9. The fraction of sp³-hybridized carbons (Fsp3) is 0.400. The summed E-state index contributed by atoms with van der Waals surface area (Å²) >= 11 is 0. The third kappa shape index (κ3) is 3.73. The number of fused-ring (bicyclic) bond motifs is 1. The Kier molecular flexibility index (Phi) is 5.27. The first-order valence-electron chi connectivity index (χ1n) is 6.50. The predicted molar refractivity (Wildman–Crippen MR) is 75.9 cm³/mol. The fourth-order valence-electron chi connectivity index (χ4n) is 2.18. The number of methoxy groups -OCH3 is 1. The Bertz CT molecular complexity index is 505. The highest BCUT2D eigenvalue weighted by Gasteiger charge is 2.08. The van der Waals surface area contributed by atoms with Gasteiger partial charge in [0.05, 0.1) is 6.61 Å². The fourth-order valence-corrected chi connectivity index (χ4v) is 2.18. The number of aliphatic hydroxyl groups is 1. The lowest BCUT2D eigenvalue weighted by Gasteiger charge is -2.17. The van der Waals surface area contributed by atoms with E-state index in [-0.39, 0.29) is 12.6 Å². The van der Waals surface area contributed by atoms with Gasteiger partial charge in [0.15, 0.2) is 0 Å². The molecule has 0 saturated carbocycles. The second-order valence-corrected chi connectivity index (χ2v) is 4.57. The van der Waals surface area contributed by atoms with E-state index in [1.54, 1.807) is 7.11 Å². The van der Waals surface area contributed by atoms with E-state index < -0.39 is 0 Å². The zero-order valence-corrected chi connectivity index (χ0v) is 11.2. The summed E-state index contributed by atoms with van der Waals surface area (Å²) in [6.07, 6.45) is 4.45. The first-order chi connectivity index (χ1) is 9.35. The molecule has 0 aliphatic heterocycles. The van der Waals surface area contributed by atoms with Crippen LogP contribution < -0.4 is 5.32 Å². The van der Waals surface area contributed by atoms with Crippen LogP contribution in [-0.2, 0) is 11.3 Å². The summed E-state index contributed by atoms with van der Waals surface area (Å²) in [5.74, 6) is 0. The molecule has 2 rings (SSSR count). The number of benzene rings is 1. The third-order valence-electron chi connectivity index (χ3n) is 3.18. The highest BCUT2D eigenvalue weighted by atomic mass is 16.5. The Balaban J connectivity index is 2.08. The zero-order valence-electron chi connectivity index (χ0n) is 11.2. The maximum Gasteiger partial charge on any atom is 0.0616 e. The van der Waals surface area contributed by atoms with Crippen molar-refractivity contribution in [3.8, 4) is 0 Å². The van der Waals surface area contributed by atoms with Gasteiger partial charge in [-0.3, -0.25) is 4.98 Å². The SMILES string of the molecule is COCC(CCO)NCc1cncc2ccccc12. The van der Waals surface area contributed by atoms with Gasteiger partial charge in [-0.05, 0) is 17.4 Å². The molecule has 0 aliphatic carbocycles. The Morgan fingerprint density at radius 1 is 1.32 bits per heavy atom. The molecule has 1 aromatic carbocycles. The molecule has 2 aromatic rings. The standard InChI is InChI=1S/C15H20N2O2/c1-19-11-14(6-7-18)17-10-13-9-16-8-12-4-2-3-5-15(12)13/h2-5,8-9,14,17-18H,6-7,10-11H2,1H3. The number of nitrogens with one attached hydrogen (secondary N) is 1. The van der Waals surface area contributed by atoms with Gasteiger partial charge in [0.2, 0.25) is 0 Å². The van der Waals surface area contributed by atoms with Gasteiger partial charge in [-0.1, -0.05) is 24.3 Å². The van der Waals surface area contributed by atoms with E-state index in [0.29, 0.717) is 13.0 Å². The third-order valence-corrected chi connectivity index (χ3v) is 3.18. The van der Waals surface area contributed by atoms with Crippen LogP contribution in [0.2, 0.25) is 0 Å². The quantitative estimate of drug-likeness (QED) is 0.796. The lowest BCUT2D eigenvalue weighted by molar-refractivity contribution is 0.148. The summed E-state index contributed by atoms with van der Waals surface area (Å²) in [7, 11) is 1.67. The Hall–Kier alpha value is -1.49. The van der Waals surface area contributed by atoms with Gasteiger partial charge in [0, 0.05) is 44.1 Å². The van der Waals surface area contributed by atoms with Crippen molar-refractivity contribution >= 4 is 10.8 Å². The molecule has 0 saturated heterocycles. The molecule has 0 spiro atoms. The van der Waals surface area contributed by atoms with Crippen molar-refractivity contribution in [2.75, 3.05) is 20.3 Å². The molecule has 0 fully saturated rings. The van der Waals surface area contributed by atoms with E-state index in [1.165, 1.54) is 5.39 Å². The molecular weight excluding hydrogens is 240 g/mol. The second-order valence-electron chi connectivity index (χ2n) is 4.57. The van der Waals surface area contributed by atoms with Crippen molar-refractivity contribution in [3.63, 3.8) is 0 Å². The molecule has 1 unspecified atom stereocenters. The molecule has 4 nitrogen and oxygen atoms in total. The molecule has 1 atom stereocenters. The van der Waals surface area contributed by atoms with E-state index in [0.717, 1.165) is 17.5 Å². The molecule has 19 heavy (non-hydrogen) atoms. The highest BCUT2D eigenvalue weighted by molar-refractivity contribution is 5.84. The average molecular weight is 260 g/mol. The lowest BCUT2D eigenvalue weighted by atomic mass is 10.1. The van der Waals surface area contributed by atoms with Gasteiger partial charge >= 0.3 is 0 Å². The minimum atomic E-state index is 0.161. The predicted octanol–water partition coefficient (Wildman–Crippen LogP) is 1.72. The van der Waals surface area contributed by atoms with Crippen LogP contribution >= 0.6 is 0 Å². The van der Waals surface area contributed by atoms with Crippen LogP contribution in [0.25, 0.3) is 10.8 Å². The van der Waals surface area contributed by atoms with Crippen molar-refractivity contribution in [1.82, 2.24) is 10.3 Å². The van der Waals surface area contributed by atoms with E-state index in [4.69, 9.17) is 9.84 Å². The largest absolute Gasteiger partial charge is 0.396 e. The zero-order chi connectivity index (χ0) is 13.5. The number of hydrogen-bond acceptors (Lipinski definition) is 4. The molecule has 0 aliphatic rings. The first-order valence-corrected chi connectivity index (χ1v) is 6.50. The smallest absolute Gasteiger partial charge is 0.0616 e. The molecule has 1 aromatic heterocycles. The lowest BCUT2D eigenvalue weighted by Crippen LogP contribution is -2.33. The van der Waals surface area contributed by atoms with E-state index in [9.17, 15) is 0 Å². The van der Waals surface area contributed by atoms with E-state index >= 15 is 0 Å². The number of aromatic nitrogens is 1. The number of rotatable bonds is 7. The van der Waals surface area contributed by atoms with Crippen LogP contribution in [0.4, 0.5) is 0 Å². The summed E-state index contributed by atoms with van der Waals surface area (Å²) in [5.41, 5.74) is 1.16. The van der Waals surface area contributed by atoms with Crippen molar-refractivity contribution in [2.45, 2.75) is 19.0 Å². The Morgan fingerprint density at radius 2 is 2.16 bits per heavy atom. The molecule has 4 heteroatoms. The normalized spacial score (nSPS) is 12.7. The van der Waals surface area contributed by atoms with Crippen LogP contribution in [0.15, 0.2) is 36.7 Å². The van der Waals surface area contributed by atoms with Gasteiger partial charge in [-0.15, -0.1) is 0 Å². The van der Waals surface area contributed by atoms with Crippen LogP contribution in [0, 0.1) is 0 Å². The Labute approximate surface area is 113 Å². The maximum atomic E-state index is 9.02. The van der Waals surface area contributed by atoms with Gasteiger partial charge in [-0.2, -0.15) is 0 Å². The van der Waals surface area contributed by atoms with Crippen LogP contribution in [0.3, 0.4) is 0 Å².